The van der Waals surface area contributed by atoms with Gasteiger partial charge in [-0.25, -0.2) is 23.4 Å². The summed E-state index contributed by atoms with van der Waals surface area (Å²) < 4.78 is 26.6. The average Bonchev–Trinajstić information content (AvgIpc) is 3.03. The average molecular weight is 376 g/mol. The van der Waals surface area contributed by atoms with E-state index < -0.39 is 15.6 Å². The van der Waals surface area contributed by atoms with E-state index in [-0.39, 0.29) is 0 Å². The van der Waals surface area contributed by atoms with Gasteiger partial charge in [-0.2, -0.15) is 4.31 Å². The Labute approximate surface area is 153 Å². The molecule has 2 aromatic heterocycles. The van der Waals surface area contributed by atoms with Crippen LogP contribution < -0.4 is 4.90 Å². The number of nitrogens with zero attached hydrogens (tertiary/aromatic N) is 5. The van der Waals surface area contributed by atoms with Gasteiger partial charge in [-0.15, -0.1) is 0 Å². The van der Waals surface area contributed by atoms with Crippen LogP contribution in [0.2, 0.25) is 0 Å². The van der Waals surface area contributed by atoms with Gasteiger partial charge in [-0.1, -0.05) is 0 Å². The molecule has 140 valence electrons. The number of fused-ring (bicyclic) bond motifs is 2. The van der Waals surface area contributed by atoms with Crippen LogP contribution in [0.4, 0.5) is 5.95 Å². The first kappa shape index (κ1) is 17.4. The number of H-pyrrole nitrogens is 1. The summed E-state index contributed by atoms with van der Waals surface area (Å²) in [7, 11) is -3.32. The molecule has 0 aliphatic carbocycles. The molecule has 1 fully saturated rings. The van der Waals surface area contributed by atoms with Crippen molar-refractivity contribution in [2.75, 3.05) is 30.8 Å². The first-order valence-corrected chi connectivity index (χ1v) is 10.7. The molecule has 1 saturated heterocycles. The van der Waals surface area contributed by atoms with Crippen molar-refractivity contribution in [2.45, 2.75) is 38.6 Å². The van der Waals surface area contributed by atoms with Crippen LogP contribution >= 0.6 is 0 Å². The number of aromatic nitrogens is 4. The second-order valence-corrected chi connectivity index (χ2v) is 9.19. The zero-order valence-corrected chi connectivity index (χ0v) is 16.2. The fourth-order valence-corrected chi connectivity index (χ4v) is 5.68. The number of aromatic amines is 1. The molecular formula is C17H24N6O2S. The van der Waals surface area contributed by atoms with Crippen molar-refractivity contribution in [3.8, 4) is 0 Å². The van der Waals surface area contributed by atoms with E-state index in [1.165, 1.54) is 6.26 Å². The molecule has 0 unspecified atom stereocenters. The molecule has 9 heteroatoms. The summed E-state index contributed by atoms with van der Waals surface area (Å²) in [5.41, 5.74) is 3.25. The van der Waals surface area contributed by atoms with E-state index in [0.717, 1.165) is 28.7 Å². The van der Waals surface area contributed by atoms with Gasteiger partial charge in [-0.05, 0) is 32.8 Å². The number of rotatable bonds is 2. The molecule has 0 radical (unpaired) electrons. The molecule has 2 aliphatic rings. The fraction of sp³-hybridized carbons (Fsp3) is 0.588. The molecule has 0 amide bonds. The Bertz CT molecular complexity index is 910. The van der Waals surface area contributed by atoms with E-state index in [1.807, 2.05) is 19.9 Å². The van der Waals surface area contributed by atoms with E-state index in [0.29, 0.717) is 38.9 Å². The number of imidazole rings is 1. The Morgan fingerprint density at radius 1 is 1.12 bits per heavy atom. The second kappa shape index (κ2) is 6.02. The summed E-state index contributed by atoms with van der Waals surface area (Å²) >= 11 is 0. The van der Waals surface area contributed by atoms with Gasteiger partial charge in [0.05, 0.1) is 23.8 Å². The zero-order chi connectivity index (χ0) is 18.5. The van der Waals surface area contributed by atoms with Crippen molar-refractivity contribution in [1.29, 1.82) is 0 Å². The highest BCUT2D eigenvalue weighted by Gasteiger charge is 2.50. The summed E-state index contributed by atoms with van der Waals surface area (Å²) in [5.74, 6) is 0.723. The number of anilines is 1. The Balaban J connectivity index is 1.67. The van der Waals surface area contributed by atoms with Gasteiger partial charge in [0.15, 0.2) is 0 Å². The Morgan fingerprint density at radius 2 is 1.77 bits per heavy atom. The summed E-state index contributed by atoms with van der Waals surface area (Å²) in [6.45, 7) is 5.81. The predicted octanol–water partition coefficient (Wildman–Crippen LogP) is 1.13. The van der Waals surface area contributed by atoms with Gasteiger partial charge in [0.2, 0.25) is 16.0 Å². The van der Waals surface area contributed by atoms with Gasteiger partial charge in [0, 0.05) is 43.1 Å². The standard InChI is InChI=1S/C17H24N6O2S/c1-12-10-13(2)21-16(20-12)22-8-5-17(6-9-22)15-14(18-11-19-15)4-7-23(17)26(3,24)25/h10-11H,4-9H2,1-3H3,(H,18,19). The molecule has 4 rings (SSSR count). The van der Waals surface area contributed by atoms with E-state index in [4.69, 9.17) is 0 Å². The Morgan fingerprint density at radius 3 is 2.38 bits per heavy atom. The minimum atomic E-state index is -3.32. The smallest absolute Gasteiger partial charge is 0.225 e. The zero-order valence-electron chi connectivity index (χ0n) is 15.4. The van der Waals surface area contributed by atoms with E-state index in [1.54, 1.807) is 10.6 Å². The van der Waals surface area contributed by atoms with Crippen molar-refractivity contribution >= 4 is 16.0 Å². The lowest BCUT2D eigenvalue weighted by Crippen LogP contribution is -2.58. The normalized spacial score (nSPS) is 20.3. The highest BCUT2D eigenvalue weighted by molar-refractivity contribution is 7.88. The second-order valence-electron chi connectivity index (χ2n) is 7.28. The van der Waals surface area contributed by atoms with Crippen molar-refractivity contribution in [2.24, 2.45) is 0 Å². The molecule has 26 heavy (non-hydrogen) atoms. The highest BCUT2D eigenvalue weighted by Crippen LogP contribution is 2.43. The minimum absolute atomic E-state index is 0.494. The minimum Gasteiger partial charge on any atom is -0.348 e. The van der Waals surface area contributed by atoms with Crippen LogP contribution in [0, 0.1) is 13.8 Å². The summed E-state index contributed by atoms with van der Waals surface area (Å²) in [6, 6.07) is 1.96. The molecule has 0 atom stereocenters. The number of hydrogen-bond donors (Lipinski definition) is 1. The van der Waals surface area contributed by atoms with Gasteiger partial charge in [0.25, 0.3) is 0 Å². The van der Waals surface area contributed by atoms with Crippen molar-refractivity contribution in [3.05, 3.63) is 35.2 Å². The van der Waals surface area contributed by atoms with Crippen molar-refractivity contribution < 1.29 is 8.42 Å². The summed E-state index contributed by atoms with van der Waals surface area (Å²) in [6.07, 6.45) is 5.00. The van der Waals surface area contributed by atoms with E-state index in [2.05, 4.69) is 24.8 Å². The Hall–Kier alpha value is -2.00. The maximum atomic E-state index is 12.5. The van der Waals surface area contributed by atoms with Crippen molar-refractivity contribution in [3.63, 3.8) is 0 Å². The van der Waals surface area contributed by atoms with Crippen LogP contribution in [0.3, 0.4) is 0 Å². The van der Waals surface area contributed by atoms with Crippen LogP contribution in [0.25, 0.3) is 0 Å². The first-order valence-electron chi connectivity index (χ1n) is 8.87. The monoisotopic (exact) mass is 376 g/mol. The maximum absolute atomic E-state index is 12.5. The summed E-state index contributed by atoms with van der Waals surface area (Å²) in [4.78, 5) is 19.0. The molecule has 2 aromatic rings. The lowest BCUT2D eigenvalue weighted by molar-refractivity contribution is 0.128. The van der Waals surface area contributed by atoms with Gasteiger partial charge < -0.3 is 9.88 Å². The summed E-state index contributed by atoms with van der Waals surface area (Å²) in [5, 5.41) is 0. The predicted molar refractivity (Wildman–Crippen MR) is 98.5 cm³/mol. The van der Waals surface area contributed by atoms with Crippen LogP contribution in [-0.2, 0) is 22.0 Å². The maximum Gasteiger partial charge on any atom is 0.225 e. The molecule has 1 spiro atoms. The quantitative estimate of drug-likeness (QED) is 0.844. The number of aryl methyl sites for hydroxylation is 2. The first-order chi connectivity index (χ1) is 12.3. The molecule has 0 aromatic carbocycles. The van der Waals surface area contributed by atoms with Gasteiger partial charge in [0.1, 0.15) is 0 Å². The van der Waals surface area contributed by atoms with Crippen LogP contribution in [0.1, 0.15) is 35.6 Å². The third-order valence-corrected chi connectivity index (χ3v) is 6.78. The third-order valence-electron chi connectivity index (χ3n) is 5.45. The van der Waals surface area contributed by atoms with E-state index in [9.17, 15) is 8.42 Å². The van der Waals surface area contributed by atoms with Crippen LogP contribution in [-0.4, -0.2) is 58.5 Å². The molecule has 0 saturated carbocycles. The molecule has 8 nitrogen and oxygen atoms in total. The number of sulfonamides is 1. The molecule has 4 heterocycles. The SMILES string of the molecule is Cc1cc(C)nc(N2CCC3(CC2)c2nc[nH]c2CCN3S(C)(=O)=O)n1. The lowest BCUT2D eigenvalue weighted by Gasteiger charge is -2.49. The number of piperidine rings is 1. The van der Waals surface area contributed by atoms with Crippen LogP contribution in [0.15, 0.2) is 12.4 Å². The third kappa shape index (κ3) is 2.79. The topological polar surface area (TPSA) is 95.1 Å². The lowest BCUT2D eigenvalue weighted by atomic mass is 9.80. The highest BCUT2D eigenvalue weighted by atomic mass is 32.2. The Kier molecular flexibility index (Phi) is 4.03. The van der Waals surface area contributed by atoms with Gasteiger partial charge in [-0.3, -0.25) is 0 Å². The largest absolute Gasteiger partial charge is 0.348 e. The fourth-order valence-electron chi connectivity index (χ4n) is 4.35. The van der Waals surface area contributed by atoms with Crippen LogP contribution in [0.5, 0.6) is 0 Å². The molecule has 0 bridgehead atoms. The van der Waals surface area contributed by atoms with Gasteiger partial charge >= 0.3 is 0 Å². The molecular weight excluding hydrogens is 352 g/mol. The molecule has 1 N–H and O–H groups in total. The number of nitrogens with one attached hydrogen (secondary N) is 1. The van der Waals surface area contributed by atoms with E-state index >= 15 is 0 Å². The number of hydrogen-bond acceptors (Lipinski definition) is 6. The molecule has 2 aliphatic heterocycles. The van der Waals surface area contributed by atoms with Crippen molar-refractivity contribution in [1.82, 2.24) is 24.2 Å².